The lowest BCUT2D eigenvalue weighted by atomic mass is 9.97. The van der Waals surface area contributed by atoms with Crippen LogP contribution in [0, 0.1) is 0 Å². The number of rotatable bonds is 8. The molecule has 0 aliphatic heterocycles. The summed E-state index contributed by atoms with van der Waals surface area (Å²) in [4.78, 5) is 16.7. The predicted octanol–water partition coefficient (Wildman–Crippen LogP) is 2.80. The summed E-state index contributed by atoms with van der Waals surface area (Å²) in [6.07, 6.45) is 8.02. The first-order chi connectivity index (χ1) is 13.4. The standard InChI is InChI=1S/C19H26N4O3S2/c1-2-23-17-9-8-15(28(20,25)26)12-16(17)22-19(23)27-13-18(24)21-11-10-14-6-4-3-5-7-14/h6,8-9,12H,2-5,7,10-11,13H2,1H3,(H,21,24)(H2,20,25,26). The molecule has 7 nitrogen and oxygen atoms in total. The number of aromatic nitrogens is 2. The van der Waals surface area contributed by atoms with Crippen molar-refractivity contribution in [2.45, 2.75) is 55.6 Å². The van der Waals surface area contributed by atoms with Crippen LogP contribution in [0.2, 0.25) is 0 Å². The van der Waals surface area contributed by atoms with Crippen LogP contribution in [0.4, 0.5) is 0 Å². The lowest BCUT2D eigenvalue weighted by Gasteiger charge is -2.12. The second kappa shape index (κ2) is 9.11. The molecule has 1 aromatic heterocycles. The van der Waals surface area contributed by atoms with Crippen LogP contribution in [0.25, 0.3) is 11.0 Å². The number of benzene rings is 1. The Morgan fingerprint density at radius 2 is 2.18 bits per heavy atom. The molecule has 152 valence electrons. The highest BCUT2D eigenvalue weighted by Gasteiger charge is 2.15. The summed E-state index contributed by atoms with van der Waals surface area (Å²) in [6, 6.07) is 4.65. The van der Waals surface area contributed by atoms with Crippen molar-refractivity contribution in [3.8, 4) is 0 Å². The Labute approximate surface area is 169 Å². The first-order valence-electron chi connectivity index (χ1n) is 9.49. The van der Waals surface area contributed by atoms with Gasteiger partial charge in [-0.15, -0.1) is 0 Å². The Kier molecular flexibility index (Phi) is 6.79. The van der Waals surface area contributed by atoms with Crippen molar-refractivity contribution >= 4 is 38.7 Å². The van der Waals surface area contributed by atoms with Gasteiger partial charge in [-0.1, -0.05) is 23.4 Å². The van der Waals surface area contributed by atoms with Gasteiger partial charge < -0.3 is 9.88 Å². The number of amides is 1. The van der Waals surface area contributed by atoms with Gasteiger partial charge in [0.25, 0.3) is 0 Å². The Morgan fingerprint density at radius 3 is 2.86 bits per heavy atom. The lowest BCUT2D eigenvalue weighted by Crippen LogP contribution is -2.26. The molecule has 3 rings (SSSR count). The van der Waals surface area contributed by atoms with E-state index >= 15 is 0 Å². The summed E-state index contributed by atoms with van der Waals surface area (Å²) < 4.78 is 25.1. The fraction of sp³-hybridized carbons (Fsp3) is 0.474. The third-order valence-corrected chi connectivity index (χ3v) is 6.70. The number of primary sulfonamides is 1. The maximum absolute atomic E-state index is 12.2. The predicted molar refractivity (Wildman–Crippen MR) is 112 cm³/mol. The molecular weight excluding hydrogens is 396 g/mol. The summed E-state index contributed by atoms with van der Waals surface area (Å²) in [6.45, 7) is 3.31. The number of aryl methyl sites for hydroxylation is 1. The van der Waals surface area contributed by atoms with Crippen LogP contribution in [-0.4, -0.2) is 36.2 Å². The van der Waals surface area contributed by atoms with E-state index in [1.165, 1.54) is 42.3 Å². The number of hydrogen-bond acceptors (Lipinski definition) is 5. The zero-order valence-corrected chi connectivity index (χ0v) is 17.6. The van der Waals surface area contributed by atoms with E-state index in [2.05, 4.69) is 16.4 Å². The number of thioether (sulfide) groups is 1. The third kappa shape index (κ3) is 5.15. The second-order valence-electron chi connectivity index (χ2n) is 6.83. The molecule has 1 aliphatic rings. The van der Waals surface area contributed by atoms with E-state index in [1.54, 1.807) is 6.07 Å². The molecule has 1 amide bonds. The van der Waals surface area contributed by atoms with Gasteiger partial charge in [-0.2, -0.15) is 0 Å². The van der Waals surface area contributed by atoms with Crippen molar-refractivity contribution in [3.63, 3.8) is 0 Å². The number of sulfonamides is 1. The van der Waals surface area contributed by atoms with Gasteiger partial charge in [-0.25, -0.2) is 18.5 Å². The van der Waals surface area contributed by atoms with Crippen molar-refractivity contribution in [3.05, 3.63) is 29.8 Å². The number of fused-ring (bicyclic) bond motifs is 1. The number of hydrogen-bond donors (Lipinski definition) is 2. The van der Waals surface area contributed by atoms with Gasteiger partial charge in [0.2, 0.25) is 15.9 Å². The molecule has 0 saturated carbocycles. The van der Waals surface area contributed by atoms with Crippen LogP contribution in [0.3, 0.4) is 0 Å². The third-order valence-electron chi connectivity index (χ3n) is 4.82. The van der Waals surface area contributed by atoms with Gasteiger partial charge in [0.1, 0.15) is 0 Å². The number of nitrogens with one attached hydrogen (secondary N) is 1. The minimum atomic E-state index is -3.77. The summed E-state index contributed by atoms with van der Waals surface area (Å²) in [7, 11) is -3.77. The Bertz CT molecular complexity index is 996. The topological polar surface area (TPSA) is 107 Å². The van der Waals surface area contributed by atoms with E-state index in [-0.39, 0.29) is 16.6 Å². The molecule has 0 unspecified atom stereocenters. The number of nitrogens with zero attached hydrogens (tertiary/aromatic N) is 2. The van der Waals surface area contributed by atoms with Gasteiger partial charge in [-0.05, 0) is 57.2 Å². The van der Waals surface area contributed by atoms with Gasteiger partial charge in [0, 0.05) is 13.1 Å². The summed E-state index contributed by atoms with van der Waals surface area (Å²) in [5.74, 6) is 0.242. The van der Waals surface area contributed by atoms with Gasteiger partial charge in [0.15, 0.2) is 5.16 Å². The number of allylic oxidation sites excluding steroid dienone is 1. The molecule has 3 N–H and O–H groups in total. The van der Waals surface area contributed by atoms with E-state index in [1.807, 2.05) is 11.5 Å². The fourth-order valence-corrected chi connectivity index (χ4v) is 4.80. The van der Waals surface area contributed by atoms with Crippen LogP contribution < -0.4 is 10.5 Å². The quantitative estimate of drug-likeness (QED) is 0.502. The zero-order valence-electron chi connectivity index (χ0n) is 16.0. The largest absolute Gasteiger partial charge is 0.355 e. The maximum atomic E-state index is 12.2. The Hall–Kier alpha value is -1.84. The highest BCUT2D eigenvalue weighted by atomic mass is 32.2. The van der Waals surface area contributed by atoms with Crippen LogP contribution >= 0.6 is 11.8 Å². The molecule has 1 aliphatic carbocycles. The molecule has 0 atom stereocenters. The van der Waals surface area contributed by atoms with E-state index < -0.39 is 10.0 Å². The molecule has 0 bridgehead atoms. The monoisotopic (exact) mass is 422 g/mol. The van der Waals surface area contributed by atoms with Crippen molar-refractivity contribution < 1.29 is 13.2 Å². The van der Waals surface area contributed by atoms with Crippen molar-refractivity contribution in [2.75, 3.05) is 12.3 Å². The van der Waals surface area contributed by atoms with Crippen molar-refractivity contribution in [1.29, 1.82) is 0 Å². The fourth-order valence-electron chi connectivity index (χ4n) is 3.36. The Balaban J connectivity index is 1.61. The SMILES string of the molecule is CCn1c(SCC(=O)NCCC2=CCCCC2)nc2cc(S(N)(=O)=O)ccc21. The molecule has 1 aromatic carbocycles. The average molecular weight is 423 g/mol. The number of imidazole rings is 1. The molecule has 0 fully saturated rings. The first-order valence-corrected chi connectivity index (χ1v) is 12.0. The smallest absolute Gasteiger partial charge is 0.238 e. The first kappa shape index (κ1) is 20.9. The minimum Gasteiger partial charge on any atom is -0.355 e. The Morgan fingerprint density at radius 1 is 1.36 bits per heavy atom. The van der Waals surface area contributed by atoms with E-state index in [0.29, 0.717) is 23.8 Å². The molecular formula is C19H26N4O3S2. The van der Waals surface area contributed by atoms with Gasteiger partial charge in [-0.3, -0.25) is 4.79 Å². The normalized spacial score (nSPS) is 14.9. The van der Waals surface area contributed by atoms with E-state index in [9.17, 15) is 13.2 Å². The molecule has 0 spiro atoms. The molecule has 2 aromatic rings. The number of carbonyl (C=O) groups excluding carboxylic acids is 1. The number of nitrogens with two attached hydrogens (primary N) is 1. The highest BCUT2D eigenvalue weighted by molar-refractivity contribution is 7.99. The molecule has 1 heterocycles. The van der Waals surface area contributed by atoms with E-state index in [4.69, 9.17) is 5.14 Å². The average Bonchev–Trinajstić information content (AvgIpc) is 3.03. The molecule has 9 heteroatoms. The van der Waals surface area contributed by atoms with E-state index in [0.717, 1.165) is 24.8 Å². The zero-order chi connectivity index (χ0) is 20.1. The number of carbonyl (C=O) groups is 1. The van der Waals surface area contributed by atoms with Crippen molar-refractivity contribution in [2.24, 2.45) is 5.14 Å². The summed E-state index contributed by atoms with van der Waals surface area (Å²) >= 11 is 1.35. The highest BCUT2D eigenvalue weighted by Crippen LogP contribution is 2.26. The summed E-state index contributed by atoms with van der Waals surface area (Å²) in [5, 5.41) is 8.86. The van der Waals surface area contributed by atoms with Crippen molar-refractivity contribution in [1.82, 2.24) is 14.9 Å². The molecule has 28 heavy (non-hydrogen) atoms. The summed E-state index contributed by atoms with van der Waals surface area (Å²) in [5.41, 5.74) is 2.82. The molecule has 0 radical (unpaired) electrons. The maximum Gasteiger partial charge on any atom is 0.238 e. The minimum absolute atomic E-state index is 0.0265. The van der Waals surface area contributed by atoms with Crippen LogP contribution in [0.1, 0.15) is 39.0 Å². The van der Waals surface area contributed by atoms with Crippen LogP contribution in [0.5, 0.6) is 0 Å². The lowest BCUT2D eigenvalue weighted by molar-refractivity contribution is -0.118. The van der Waals surface area contributed by atoms with Gasteiger partial charge >= 0.3 is 0 Å². The molecule has 0 saturated heterocycles. The van der Waals surface area contributed by atoms with Gasteiger partial charge in [0.05, 0.1) is 21.7 Å². The van der Waals surface area contributed by atoms with Crippen LogP contribution in [0.15, 0.2) is 39.9 Å². The second-order valence-corrected chi connectivity index (χ2v) is 9.33. The van der Waals surface area contributed by atoms with Crippen LogP contribution in [-0.2, 0) is 21.4 Å².